The normalized spacial score (nSPS) is 11.7. The van der Waals surface area contributed by atoms with E-state index in [0.29, 0.717) is 0 Å². The van der Waals surface area contributed by atoms with E-state index in [0.717, 1.165) is 50.1 Å². The Hall–Kier alpha value is -7.16. The van der Waals surface area contributed by atoms with Gasteiger partial charge in [-0.3, -0.25) is 0 Å². The van der Waals surface area contributed by atoms with E-state index < -0.39 is 0 Å². The smallest absolute Gasteiger partial charge is 0.136 e. The van der Waals surface area contributed by atoms with Crippen LogP contribution in [0, 0.1) is 0 Å². The molecule has 2 nitrogen and oxygen atoms in total. The zero-order valence-electron chi connectivity index (χ0n) is 29.4. The van der Waals surface area contributed by atoms with Gasteiger partial charge in [0.1, 0.15) is 11.2 Å². The molecule has 0 fully saturated rings. The van der Waals surface area contributed by atoms with Crippen LogP contribution in [-0.2, 0) is 0 Å². The lowest BCUT2D eigenvalue weighted by molar-refractivity contribution is 0.669. The molecule has 1 aromatic heterocycles. The Morgan fingerprint density at radius 3 is 1.80 bits per heavy atom. The summed E-state index contributed by atoms with van der Waals surface area (Å²) in [5.41, 5.74) is 9.74. The molecule has 1 heterocycles. The van der Waals surface area contributed by atoms with Gasteiger partial charge in [-0.1, -0.05) is 158 Å². The van der Waals surface area contributed by atoms with Gasteiger partial charge in [-0.25, -0.2) is 0 Å². The van der Waals surface area contributed by atoms with Gasteiger partial charge in [0, 0.05) is 27.4 Å². The number of anilines is 3. The van der Waals surface area contributed by atoms with E-state index in [1.807, 2.05) is 0 Å². The molecule has 0 radical (unpaired) electrons. The molecule has 11 aromatic rings. The Morgan fingerprint density at radius 2 is 0.926 bits per heavy atom. The van der Waals surface area contributed by atoms with Gasteiger partial charge in [0.05, 0.1) is 11.4 Å². The third-order valence-corrected chi connectivity index (χ3v) is 11.0. The molecule has 10 aromatic carbocycles. The van der Waals surface area contributed by atoms with Crippen LogP contribution in [0.2, 0.25) is 0 Å². The molecule has 0 unspecified atom stereocenters. The quantitative estimate of drug-likeness (QED) is 0.168. The number of nitrogens with zero attached hydrogens (tertiary/aromatic N) is 1. The third-order valence-electron chi connectivity index (χ3n) is 11.0. The van der Waals surface area contributed by atoms with Gasteiger partial charge >= 0.3 is 0 Å². The number of para-hydroxylation sites is 1. The molecule has 0 aliphatic carbocycles. The molecule has 0 saturated carbocycles. The van der Waals surface area contributed by atoms with Gasteiger partial charge in [-0.15, -0.1) is 0 Å². The molecule has 0 atom stereocenters. The maximum atomic E-state index is 6.58. The van der Waals surface area contributed by atoms with Gasteiger partial charge < -0.3 is 9.32 Å². The average molecular weight is 688 g/mol. The molecule has 0 aliphatic rings. The molecule has 0 aliphatic heterocycles. The van der Waals surface area contributed by atoms with Crippen molar-refractivity contribution in [1.29, 1.82) is 0 Å². The first-order chi connectivity index (χ1) is 26.8. The lowest BCUT2D eigenvalue weighted by Crippen LogP contribution is -2.12. The van der Waals surface area contributed by atoms with Crippen molar-refractivity contribution in [2.45, 2.75) is 0 Å². The van der Waals surface area contributed by atoms with Crippen LogP contribution in [-0.4, -0.2) is 0 Å². The molecule has 0 amide bonds. The Morgan fingerprint density at radius 1 is 0.315 bits per heavy atom. The van der Waals surface area contributed by atoms with Crippen LogP contribution in [0.1, 0.15) is 0 Å². The Balaban J connectivity index is 1.21. The number of fused-ring (bicyclic) bond motifs is 8. The first-order valence-electron chi connectivity index (χ1n) is 18.5. The van der Waals surface area contributed by atoms with Crippen molar-refractivity contribution in [3.8, 4) is 22.3 Å². The topological polar surface area (TPSA) is 16.4 Å². The largest absolute Gasteiger partial charge is 0.456 e. The Bertz CT molecular complexity index is 3240. The van der Waals surface area contributed by atoms with E-state index >= 15 is 0 Å². The van der Waals surface area contributed by atoms with Gasteiger partial charge in [-0.05, 0) is 96.9 Å². The van der Waals surface area contributed by atoms with Gasteiger partial charge in [0.25, 0.3) is 0 Å². The van der Waals surface area contributed by atoms with E-state index in [9.17, 15) is 0 Å². The van der Waals surface area contributed by atoms with Crippen LogP contribution in [0.25, 0.3) is 87.3 Å². The highest BCUT2D eigenvalue weighted by atomic mass is 16.3. The second-order valence-corrected chi connectivity index (χ2v) is 14.1. The summed E-state index contributed by atoms with van der Waals surface area (Å²) in [5.74, 6) is 0. The zero-order valence-corrected chi connectivity index (χ0v) is 29.4. The molecule has 11 rings (SSSR count). The average Bonchev–Trinajstić information content (AvgIpc) is 3.60. The standard InChI is InChI=1S/C52H33NO/c1-2-16-36-33-51-47(31-35(36)15-1)52-46(27-13-29-50(52)54-51)45-25-9-10-28-48(45)53(49-32-38-17-4-6-22-42(38)43-23-7-8-24-44(43)49)39-20-11-19-37(30-39)41-26-12-18-34-14-3-5-21-40(34)41/h1-33H. The summed E-state index contributed by atoms with van der Waals surface area (Å²) >= 11 is 0. The van der Waals surface area contributed by atoms with Crippen molar-refractivity contribution >= 4 is 82.1 Å². The third kappa shape index (κ3) is 4.81. The van der Waals surface area contributed by atoms with Crippen LogP contribution in [0.5, 0.6) is 0 Å². The highest BCUT2D eigenvalue weighted by Gasteiger charge is 2.23. The molecule has 0 spiro atoms. The predicted octanol–water partition coefficient (Wildman–Crippen LogP) is 15.0. The van der Waals surface area contributed by atoms with Gasteiger partial charge in [0.2, 0.25) is 0 Å². The number of benzene rings is 10. The summed E-state index contributed by atoms with van der Waals surface area (Å²) in [4.78, 5) is 2.47. The fourth-order valence-corrected chi connectivity index (χ4v) is 8.55. The van der Waals surface area contributed by atoms with Crippen LogP contribution in [0.3, 0.4) is 0 Å². The summed E-state index contributed by atoms with van der Waals surface area (Å²) < 4.78 is 6.58. The minimum atomic E-state index is 0.883. The van der Waals surface area contributed by atoms with Crippen LogP contribution < -0.4 is 4.90 Å². The Kier molecular flexibility index (Phi) is 6.90. The van der Waals surface area contributed by atoms with E-state index in [2.05, 4.69) is 205 Å². The van der Waals surface area contributed by atoms with Crippen LogP contribution in [0.4, 0.5) is 17.1 Å². The van der Waals surface area contributed by atoms with Crippen molar-refractivity contribution in [2.24, 2.45) is 0 Å². The SMILES string of the molecule is c1cc(-c2cccc3ccccc23)cc(N(c2ccccc2-c2cccc3oc4cc5ccccc5cc4c23)c2cc3ccccc3c3ccccc23)c1. The molecule has 2 heteroatoms. The second-order valence-electron chi connectivity index (χ2n) is 14.1. The lowest BCUT2D eigenvalue weighted by atomic mass is 9.94. The van der Waals surface area contributed by atoms with Gasteiger partial charge in [-0.2, -0.15) is 0 Å². The monoisotopic (exact) mass is 687 g/mol. The molecule has 252 valence electrons. The number of hydrogen-bond donors (Lipinski definition) is 0. The first kappa shape index (κ1) is 30.5. The number of rotatable bonds is 5. The second kappa shape index (κ2) is 12.2. The summed E-state index contributed by atoms with van der Waals surface area (Å²) in [7, 11) is 0. The number of hydrogen-bond acceptors (Lipinski definition) is 2. The lowest BCUT2D eigenvalue weighted by Gasteiger charge is -2.30. The summed E-state index contributed by atoms with van der Waals surface area (Å²) in [5, 5.41) is 12.0. The fraction of sp³-hybridized carbons (Fsp3) is 0. The van der Waals surface area contributed by atoms with Crippen molar-refractivity contribution in [1.82, 2.24) is 0 Å². The molecule has 0 bridgehead atoms. The van der Waals surface area contributed by atoms with E-state index in [1.165, 1.54) is 54.2 Å². The Labute approximate surface area is 312 Å². The fourth-order valence-electron chi connectivity index (χ4n) is 8.55. The molecule has 0 saturated heterocycles. The van der Waals surface area contributed by atoms with Crippen molar-refractivity contribution in [3.63, 3.8) is 0 Å². The zero-order chi connectivity index (χ0) is 35.6. The van der Waals surface area contributed by atoms with E-state index in [4.69, 9.17) is 4.42 Å². The predicted molar refractivity (Wildman–Crippen MR) is 229 cm³/mol. The molecule has 0 N–H and O–H groups in total. The molecule has 54 heavy (non-hydrogen) atoms. The minimum Gasteiger partial charge on any atom is -0.456 e. The van der Waals surface area contributed by atoms with Crippen LogP contribution in [0.15, 0.2) is 205 Å². The summed E-state index contributed by atoms with van der Waals surface area (Å²) in [6.07, 6.45) is 0. The maximum absolute atomic E-state index is 6.58. The molecular formula is C52H33NO. The van der Waals surface area contributed by atoms with Crippen molar-refractivity contribution in [2.75, 3.05) is 4.90 Å². The highest BCUT2D eigenvalue weighted by Crippen LogP contribution is 2.48. The molecular weight excluding hydrogens is 655 g/mol. The highest BCUT2D eigenvalue weighted by molar-refractivity contribution is 6.18. The van der Waals surface area contributed by atoms with E-state index in [1.54, 1.807) is 0 Å². The first-order valence-corrected chi connectivity index (χ1v) is 18.5. The van der Waals surface area contributed by atoms with Crippen molar-refractivity contribution in [3.05, 3.63) is 200 Å². The summed E-state index contributed by atoms with van der Waals surface area (Å²) in [6.45, 7) is 0. The minimum absolute atomic E-state index is 0.883. The van der Waals surface area contributed by atoms with Gasteiger partial charge in [0.15, 0.2) is 0 Å². The maximum Gasteiger partial charge on any atom is 0.136 e. The van der Waals surface area contributed by atoms with E-state index in [-0.39, 0.29) is 0 Å². The van der Waals surface area contributed by atoms with Crippen molar-refractivity contribution < 1.29 is 4.42 Å². The number of furan rings is 1. The van der Waals surface area contributed by atoms with Crippen LogP contribution >= 0.6 is 0 Å². The summed E-state index contributed by atoms with van der Waals surface area (Å²) in [6, 6.07) is 72.4.